The monoisotopic (exact) mass is 2230 g/mol. The number of aromatic nitrogens is 7. The van der Waals surface area contributed by atoms with Crippen LogP contribution in [0.4, 0.5) is 9.59 Å². The average Bonchev–Trinajstić information content (AvgIpc) is 1.59. The molecule has 6 N–H and O–H groups in total. The molecule has 0 radical (unpaired) electrons. The second-order valence-corrected chi connectivity index (χ2v) is 32.8. The lowest BCUT2D eigenvalue weighted by atomic mass is 9.95. The summed E-state index contributed by atoms with van der Waals surface area (Å²) in [5.74, 6) is 5.33. The fourth-order valence-electron chi connectivity index (χ4n) is 13.3. The molecule has 13 heterocycles. The number of furan rings is 2. The number of rotatable bonds is 23. The van der Waals surface area contributed by atoms with Crippen molar-refractivity contribution in [3.8, 4) is 64.0 Å². The zero-order valence-electron chi connectivity index (χ0n) is 71.6. The van der Waals surface area contributed by atoms with Crippen molar-refractivity contribution in [2.75, 3.05) is 70.0 Å². The average molecular weight is 2230 g/mol. The Hall–Kier alpha value is -13.6. The first kappa shape index (κ1) is 96.5. The fraction of sp³-hybridized carbons (Fsp3) is 0.194. The van der Waals surface area contributed by atoms with Gasteiger partial charge in [-0.25, -0.2) is 29.5 Å². The molecule has 34 nitrogen and oxygen atoms in total. The number of fused-ring (bicyclic) bond motifs is 4. The number of nitrogens with zero attached hydrogens (tertiary/aromatic N) is 7. The normalized spacial score (nSPS) is 14.7. The number of ether oxygens (including phenoxy) is 11. The van der Waals surface area contributed by atoms with Gasteiger partial charge in [-0.05, 0) is 180 Å². The number of aromatic amines is 2. The Morgan fingerprint density at radius 1 is 0.427 bits per heavy atom. The maximum atomic E-state index is 13.0. The number of halogens is 4. The molecule has 0 saturated carbocycles. The summed E-state index contributed by atoms with van der Waals surface area (Å²) in [7, 11) is 12.4. The van der Waals surface area contributed by atoms with E-state index in [1.165, 1.54) is 57.5 Å². The van der Waals surface area contributed by atoms with Gasteiger partial charge in [-0.2, -0.15) is 0 Å². The van der Waals surface area contributed by atoms with E-state index in [0.717, 1.165) is 63.3 Å². The summed E-state index contributed by atoms with van der Waals surface area (Å²) in [6, 6.07) is 56.0. The maximum Gasteiger partial charge on any atom is 0.322 e. The molecule has 5 aromatic carbocycles. The number of methoxy groups -OCH3 is 8. The fourth-order valence-corrected chi connectivity index (χ4v) is 15.3. The predicted molar refractivity (Wildman–Crippen MR) is 514 cm³/mol. The topological polar surface area (TPSA) is 415 Å². The number of urea groups is 2. The smallest absolute Gasteiger partial charge is 0.322 e. The van der Waals surface area contributed by atoms with E-state index in [1.54, 1.807) is 125 Å². The summed E-state index contributed by atoms with van der Waals surface area (Å²) in [4.78, 5) is 127. The highest BCUT2D eigenvalue weighted by atomic mass is 127. The Bertz CT molecular complexity index is 6490. The third-order valence-corrected chi connectivity index (χ3v) is 23.7. The molecule has 0 aliphatic carbocycles. The Balaban J connectivity index is 0.000000144. The third-order valence-electron chi connectivity index (χ3n) is 20.0. The molecule has 4 aliphatic heterocycles. The molecule has 676 valence electrons. The van der Waals surface area contributed by atoms with Crippen LogP contribution in [-0.2, 0) is 53.6 Å². The Morgan fingerprint density at radius 3 is 1.46 bits per heavy atom. The largest absolute Gasteiger partial charge is 0.497 e. The molecule has 131 heavy (non-hydrogen) atoms. The van der Waals surface area contributed by atoms with Gasteiger partial charge >= 0.3 is 12.1 Å². The van der Waals surface area contributed by atoms with Crippen LogP contribution in [0.1, 0.15) is 65.7 Å². The molecule has 2 saturated heterocycles. The number of carbonyl (C=O) groups excluding carboxylic acids is 6. The number of amides is 8. The van der Waals surface area contributed by atoms with Gasteiger partial charge in [0.2, 0.25) is 29.4 Å². The van der Waals surface area contributed by atoms with Gasteiger partial charge in [0.05, 0.1) is 77.1 Å². The van der Waals surface area contributed by atoms with E-state index >= 15 is 0 Å². The second-order valence-electron chi connectivity index (χ2n) is 28.3. The van der Waals surface area contributed by atoms with Gasteiger partial charge in [0.15, 0.2) is 27.8 Å². The van der Waals surface area contributed by atoms with E-state index < -0.39 is 35.0 Å². The van der Waals surface area contributed by atoms with E-state index in [9.17, 15) is 38.4 Å². The van der Waals surface area contributed by atoms with Gasteiger partial charge in [0.1, 0.15) is 78.4 Å². The molecule has 18 rings (SSSR count). The van der Waals surface area contributed by atoms with Crippen molar-refractivity contribution in [1.29, 1.82) is 0 Å². The quantitative estimate of drug-likeness (QED) is 0.0256. The second kappa shape index (κ2) is 45.6. The maximum absolute atomic E-state index is 13.0. The van der Waals surface area contributed by atoms with Crippen LogP contribution < -0.4 is 84.2 Å². The molecule has 38 heteroatoms. The molecule has 0 unspecified atom stereocenters. The Morgan fingerprint density at radius 2 is 0.947 bits per heavy atom. The molecule has 9 aromatic heterocycles. The molecule has 8 amide bonds. The van der Waals surface area contributed by atoms with E-state index in [4.69, 9.17) is 60.9 Å². The van der Waals surface area contributed by atoms with Gasteiger partial charge in [0, 0.05) is 114 Å². The number of hydrogen-bond donors (Lipinski definition) is 6. The summed E-state index contributed by atoms with van der Waals surface area (Å²) >= 11 is 8.26. The highest BCUT2D eigenvalue weighted by molar-refractivity contribution is 14.1. The minimum atomic E-state index is -1.58. The summed E-state index contributed by atoms with van der Waals surface area (Å²) in [6.45, 7) is 3.89. The number of aryl methyl sites for hydroxylation is 1. The minimum absolute atomic E-state index is 0.0174. The van der Waals surface area contributed by atoms with Crippen molar-refractivity contribution >= 4 is 148 Å². The molecular weight excluding hydrogens is 2140 g/mol. The highest BCUT2D eigenvalue weighted by Crippen LogP contribution is 2.39. The summed E-state index contributed by atoms with van der Waals surface area (Å²) in [6.07, 6.45) is 11.4. The third kappa shape index (κ3) is 24.3. The van der Waals surface area contributed by atoms with Crippen LogP contribution in [0.5, 0.6) is 64.0 Å². The van der Waals surface area contributed by atoms with Crippen LogP contribution in [0.15, 0.2) is 250 Å². The van der Waals surface area contributed by atoms with Crippen LogP contribution >= 0.6 is 90.4 Å². The SMILES string of the molecule is COc1[nH]ccc(=O)c1I.COc1cc(=O)c(I)c[nH]1.COc1cc(OCc2ccccc2)c(I)cn1.COc1cc(OCc2ccccc2)ccn1.COc1ccc2c(c1)C(=O)N(C[C@@]1(c3cc4c(C)nccc4o3)NC(=O)NC1=O)C2.COc1ccc2c(c1)C(=O)N(C[C@@]1(c3cc4cnc(OC)cc4o3)NC(=O)NC1=O)C2.COc1nccc(OCc2ccccc2)c1I. The van der Waals surface area contributed by atoms with Gasteiger partial charge in [-0.1, -0.05) is 103 Å². The number of nitrogens with one attached hydrogen (secondary N) is 6. The lowest BCUT2D eigenvalue weighted by Crippen LogP contribution is -2.52. The first-order valence-electron chi connectivity index (χ1n) is 39.5. The van der Waals surface area contributed by atoms with Crippen molar-refractivity contribution in [1.82, 2.24) is 66.0 Å². The van der Waals surface area contributed by atoms with Gasteiger partial charge in [0.25, 0.3) is 23.6 Å². The van der Waals surface area contributed by atoms with E-state index in [0.29, 0.717) is 115 Å². The van der Waals surface area contributed by atoms with Crippen molar-refractivity contribution in [3.05, 3.63) is 322 Å². The van der Waals surface area contributed by atoms with E-state index in [2.05, 4.69) is 101 Å². The van der Waals surface area contributed by atoms with Crippen LogP contribution in [0.3, 0.4) is 0 Å². The Labute approximate surface area is 804 Å². The summed E-state index contributed by atoms with van der Waals surface area (Å²) < 4.78 is 72.5. The molecule has 2 fully saturated rings. The molecule has 0 bridgehead atoms. The molecule has 4 aliphatic rings. The number of benzene rings is 5. The van der Waals surface area contributed by atoms with Crippen LogP contribution in [0.25, 0.3) is 21.9 Å². The van der Waals surface area contributed by atoms with E-state index in [1.807, 2.05) is 167 Å². The zero-order valence-corrected chi connectivity index (χ0v) is 80.2. The van der Waals surface area contributed by atoms with Gasteiger partial charge < -0.3 is 91.3 Å². The summed E-state index contributed by atoms with van der Waals surface area (Å²) in [5.41, 5.74) is 4.63. The van der Waals surface area contributed by atoms with Crippen LogP contribution in [0, 0.1) is 21.2 Å². The lowest BCUT2D eigenvalue weighted by Gasteiger charge is -2.29. The summed E-state index contributed by atoms with van der Waals surface area (Å²) in [5, 5.41) is 11.2. The number of hydrogen-bond acceptors (Lipinski definition) is 26. The number of imide groups is 2. The molecular formula is C93H85I4N13O21. The Kier molecular flexibility index (Phi) is 33.5. The van der Waals surface area contributed by atoms with Gasteiger partial charge in [-0.3, -0.25) is 44.4 Å². The van der Waals surface area contributed by atoms with Crippen molar-refractivity contribution in [2.45, 2.75) is 50.9 Å². The number of carbonyl (C=O) groups is 6. The van der Waals surface area contributed by atoms with Crippen LogP contribution in [0.2, 0.25) is 0 Å². The zero-order chi connectivity index (χ0) is 93.3. The van der Waals surface area contributed by atoms with Gasteiger partial charge in [-0.15, -0.1) is 0 Å². The molecule has 2 atom stereocenters. The van der Waals surface area contributed by atoms with Crippen molar-refractivity contribution in [2.24, 2.45) is 0 Å². The minimum Gasteiger partial charge on any atom is -0.497 e. The lowest BCUT2D eigenvalue weighted by molar-refractivity contribution is -0.126. The van der Waals surface area contributed by atoms with Crippen molar-refractivity contribution < 1.29 is 89.7 Å². The number of H-pyrrole nitrogens is 2. The first-order chi connectivity index (χ1) is 63.3. The van der Waals surface area contributed by atoms with Crippen molar-refractivity contribution in [3.63, 3.8) is 0 Å². The number of pyridine rings is 7. The standard InChI is InChI=1S/C21H18N4O6.C21H18N4O5.2C13H12INO2.C13H13NO2.2C6H6INO2/c1-29-13-4-3-11-9-25(18(26)14(11)6-13)10-21(19(27)23-20(28)24-21)16-5-12-8-22-17(30-2)7-15(12)31-16;1-11-14-8-17(30-16(14)5-6-22-11)21(19(27)23-20(28)24-21)10-25-9-12-3-4-13(29-2)7-15(12)18(25)26;1-16-13-7-12(11(14)8-15-13)17-9-10-5-3-2-4-6-10;1-16-13-12(14)11(7-8-15-13)17-9-10-5-3-2-4-6-10;1-15-13-9-12(7-8-14-13)16-10-11-5-3-2-4-6-11;1-10-6-2-5(9)4(7)3-8-6;1-10-6-5(7)4(9)2-3-8-6/h3-8H,9-10H2,1-2H3,(H2,23,24,27,28);3-8H,9-10H2,1-2H3,(H2,23,24,27,28);2*2-8H,9H2,1H3;2-9H,10H2,1H3;2*2-3H,1H3,(H,8,9)/t2*21-;;;;;/m00...../s1. The first-order valence-corrected chi connectivity index (χ1v) is 43.8. The molecule has 14 aromatic rings. The predicted octanol–water partition coefficient (Wildman–Crippen LogP) is 14.6. The molecule has 0 spiro atoms. The van der Waals surface area contributed by atoms with Crippen LogP contribution in [-0.4, -0.2) is 150 Å². The highest BCUT2D eigenvalue weighted by Gasteiger charge is 2.55. The van der Waals surface area contributed by atoms with E-state index in [-0.39, 0.29) is 47.3 Å².